The van der Waals surface area contributed by atoms with Gasteiger partial charge in [-0.2, -0.15) is 0 Å². The van der Waals surface area contributed by atoms with Gasteiger partial charge < -0.3 is 24.8 Å². The summed E-state index contributed by atoms with van der Waals surface area (Å²) in [5.41, 5.74) is 4.41. The maximum absolute atomic E-state index is 13.2. The molecule has 40 heavy (non-hydrogen) atoms. The molecule has 1 aliphatic heterocycles. The van der Waals surface area contributed by atoms with E-state index in [1.54, 1.807) is 20.1 Å². The molecule has 0 unspecified atom stereocenters. The lowest BCUT2D eigenvalue weighted by molar-refractivity contribution is 0.0950. The van der Waals surface area contributed by atoms with Crippen molar-refractivity contribution in [3.8, 4) is 5.75 Å². The number of nitrogens with one attached hydrogen (secondary N) is 2. The highest BCUT2D eigenvalue weighted by molar-refractivity contribution is 6.31. The Morgan fingerprint density at radius 3 is 2.58 bits per heavy atom. The third-order valence-electron chi connectivity index (χ3n) is 7.73. The molecule has 2 aromatic carbocycles. The SMILES string of the molecule is CCN(c1cc(Cl)cc(C(=O)NCc2c(Cl)[nH]c(C)cc2=O)c1C)C1CCN(CCc2cccc(OC)c2)CC1. The summed E-state index contributed by atoms with van der Waals surface area (Å²) in [5.74, 6) is 0.605. The van der Waals surface area contributed by atoms with Gasteiger partial charge in [-0.05, 0) is 75.4 Å². The topological polar surface area (TPSA) is 77.7 Å². The molecule has 1 aromatic heterocycles. The van der Waals surface area contributed by atoms with E-state index in [4.69, 9.17) is 27.9 Å². The van der Waals surface area contributed by atoms with Crippen molar-refractivity contribution >= 4 is 34.8 Å². The maximum Gasteiger partial charge on any atom is 0.251 e. The molecule has 0 aliphatic carbocycles. The van der Waals surface area contributed by atoms with Crippen molar-refractivity contribution in [2.45, 2.75) is 52.6 Å². The van der Waals surface area contributed by atoms with Crippen molar-refractivity contribution in [3.63, 3.8) is 0 Å². The van der Waals surface area contributed by atoms with Crippen LogP contribution in [0, 0.1) is 13.8 Å². The summed E-state index contributed by atoms with van der Waals surface area (Å²) in [6.07, 6.45) is 3.06. The van der Waals surface area contributed by atoms with Crippen LogP contribution in [0.5, 0.6) is 5.75 Å². The summed E-state index contributed by atoms with van der Waals surface area (Å²) in [7, 11) is 1.70. The first kappa shape index (κ1) is 30.0. The zero-order chi connectivity index (χ0) is 28.8. The first-order valence-corrected chi connectivity index (χ1v) is 14.5. The first-order valence-electron chi connectivity index (χ1n) is 13.8. The van der Waals surface area contributed by atoms with E-state index in [1.807, 2.05) is 25.1 Å². The van der Waals surface area contributed by atoms with Gasteiger partial charge in [0.15, 0.2) is 5.43 Å². The number of aromatic nitrogens is 1. The van der Waals surface area contributed by atoms with Gasteiger partial charge in [-0.15, -0.1) is 0 Å². The van der Waals surface area contributed by atoms with Crippen LogP contribution < -0.4 is 20.4 Å². The smallest absolute Gasteiger partial charge is 0.251 e. The minimum absolute atomic E-state index is 0.0281. The minimum Gasteiger partial charge on any atom is -0.497 e. The summed E-state index contributed by atoms with van der Waals surface area (Å²) in [5, 5.41) is 3.60. The number of rotatable bonds is 10. The standard InChI is InChI=1S/C31H38Cl2N4O3/c1-5-37(24-10-13-36(14-11-24)12-9-22-7-6-8-25(16-22)40-4)28-18-23(32)17-26(21(28)3)31(39)34-19-27-29(38)15-20(2)35-30(27)33/h6-8,15-18,24H,5,9-14,19H2,1-4H3,(H,34,39)(H,35,38). The lowest BCUT2D eigenvalue weighted by atomic mass is 9.98. The van der Waals surface area contributed by atoms with E-state index in [9.17, 15) is 9.59 Å². The predicted molar refractivity (Wildman–Crippen MR) is 163 cm³/mol. The molecule has 4 rings (SSSR count). The number of aryl methyl sites for hydroxylation is 1. The second kappa shape index (κ2) is 13.6. The molecule has 0 atom stereocenters. The Balaban J connectivity index is 1.41. The van der Waals surface area contributed by atoms with Crippen LogP contribution in [0.1, 0.15) is 52.5 Å². The lowest BCUT2D eigenvalue weighted by Gasteiger charge is -2.40. The molecule has 1 aliphatic rings. The fourth-order valence-electron chi connectivity index (χ4n) is 5.50. The Labute approximate surface area is 246 Å². The number of anilines is 1. The number of likely N-dealkylation sites (tertiary alicyclic amines) is 1. The highest BCUT2D eigenvalue weighted by atomic mass is 35.5. The van der Waals surface area contributed by atoms with Gasteiger partial charge in [0.2, 0.25) is 0 Å². The molecule has 2 N–H and O–H groups in total. The second-order valence-corrected chi connectivity index (χ2v) is 11.2. The zero-order valence-corrected chi connectivity index (χ0v) is 25.2. The van der Waals surface area contributed by atoms with E-state index in [2.05, 4.69) is 39.2 Å². The highest BCUT2D eigenvalue weighted by Gasteiger charge is 2.26. The van der Waals surface area contributed by atoms with E-state index >= 15 is 0 Å². The minimum atomic E-state index is -0.291. The van der Waals surface area contributed by atoms with Crippen molar-refractivity contribution in [2.24, 2.45) is 0 Å². The Hall–Kier alpha value is -3.00. The molecule has 7 nitrogen and oxygen atoms in total. The molecule has 1 amide bonds. The summed E-state index contributed by atoms with van der Waals surface area (Å²) in [6, 6.07) is 13.7. The average Bonchev–Trinajstić information content (AvgIpc) is 2.94. The van der Waals surface area contributed by atoms with Crippen LogP contribution in [0.3, 0.4) is 0 Å². The number of amides is 1. The number of benzene rings is 2. The van der Waals surface area contributed by atoms with Gasteiger partial charge in [0.1, 0.15) is 10.9 Å². The second-order valence-electron chi connectivity index (χ2n) is 10.3. The number of aromatic amines is 1. The zero-order valence-electron chi connectivity index (χ0n) is 23.7. The molecule has 3 aromatic rings. The molecule has 2 heterocycles. The van der Waals surface area contributed by atoms with Crippen LogP contribution in [0.25, 0.3) is 0 Å². The van der Waals surface area contributed by atoms with Gasteiger partial charge in [0, 0.05) is 66.8 Å². The highest BCUT2D eigenvalue weighted by Crippen LogP contribution is 2.32. The molecule has 1 fully saturated rings. The van der Waals surface area contributed by atoms with Crippen molar-refractivity contribution in [1.29, 1.82) is 0 Å². The fraction of sp³-hybridized carbons (Fsp3) is 0.419. The first-order chi connectivity index (χ1) is 19.2. The third kappa shape index (κ3) is 7.19. The van der Waals surface area contributed by atoms with Gasteiger partial charge in [-0.1, -0.05) is 35.3 Å². The fourth-order valence-corrected chi connectivity index (χ4v) is 6.02. The largest absolute Gasteiger partial charge is 0.497 e. The van der Waals surface area contributed by atoms with Gasteiger partial charge in [0.25, 0.3) is 5.91 Å². The molecule has 0 radical (unpaired) electrons. The Morgan fingerprint density at radius 1 is 1.15 bits per heavy atom. The molecule has 214 valence electrons. The van der Waals surface area contributed by atoms with E-state index in [-0.39, 0.29) is 23.0 Å². The summed E-state index contributed by atoms with van der Waals surface area (Å²) >= 11 is 12.8. The maximum atomic E-state index is 13.2. The lowest BCUT2D eigenvalue weighted by Crippen LogP contribution is -2.45. The number of nitrogens with zero attached hydrogens (tertiary/aromatic N) is 2. The normalized spacial score (nSPS) is 14.2. The number of ether oxygens (including phenoxy) is 1. The number of piperidine rings is 1. The molecule has 0 bridgehead atoms. The van der Waals surface area contributed by atoms with Crippen molar-refractivity contribution in [2.75, 3.05) is 38.2 Å². The van der Waals surface area contributed by atoms with Gasteiger partial charge in [-0.3, -0.25) is 9.59 Å². The number of H-pyrrole nitrogens is 1. The monoisotopic (exact) mass is 584 g/mol. The van der Waals surface area contributed by atoms with Crippen molar-refractivity contribution in [1.82, 2.24) is 15.2 Å². The Kier molecular flexibility index (Phi) is 10.2. The Morgan fingerprint density at radius 2 is 1.90 bits per heavy atom. The number of carbonyl (C=O) groups is 1. The van der Waals surface area contributed by atoms with E-state index in [1.165, 1.54) is 11.6 Å². The number of carbonyl (C=O) groups excluding carboxylic acids is 1. The Bertz CT molecular complexity index is 1400. The van der Waals surface area contributed by atoms with Crippen LogP contribution in [-0.4, -0.2) is 55.1 Å². The molecule has 1 saturated heterocycles. The summed E-state index contributed by atoms with van der Waals surface area (Å²) < 4.78 is 5.36. The molecular weight excluding hydrogens is 547 g/mol. The summed E-state index contributed by atoms with van der Waals surface area (Å²) in [6.45, 7) is 9.75. The number of methoxy groups -OCH3 is 1. The van der Waals surface area contributed by atoms with Crippen LogP contribution in [-0.2, 0) is 13.0 Å². The number of halogens is 2. The molecule has 9 heteroatoms. The van der Waals surface area contributed by atoms with Crippen LogP contribution in [0.15, 0.2) is 47.3 Å². The number of hydrogen-bond donors (Lipinski definition) is 2. The van der Waals surface area contributed by atoms with Gasteiger partial charge in [0.05, 0.1) is 12.7 Å². The molecule has 0 saturated carbocycles. The van der Waals surface area contributed by atoms with Crippen molar-refractivity contribution in [3.05, 3.63) is 90.8 Å². The van der Waals surface area contributed by atoms with Crippen molar-refractivity contribution < 1.29 is 9.53 Å². The van der Waals surface area contributed by atoms with E-state index < -0.39 is 0 Å². The predicted octanol–water partition coefficient (Wildman–Crippen LogP) is 5.77. The van der Waals surface area contributed by atoms with E-state index in [0.717, 1.165) is 62.4 Å². The quantitative estimate of drug-likeness (QED) is 0.296. The average molecular weight is 586 g/mol. The summed E-state index contributed by atoms with van der Waals surface area (Å²) in [4.78, 5) is 33.4. The number of pyridine rings is 1. The molecule has 0 spiro atoms. The van der Waals surface area contributed by atoms with Crippen LogP contribution in [0.2, 0.25) is 10.2 Å². The van der Waals surface area contributed by atoms with Crippen LogP contribution >= 0.6 is 23.2 Å². The third-order valence-corrected chi connectivity index (χ3v) is 8.27. The van der Waals surface area contributed by atoms with Gasteiger partial charge >= 0.3 is 0 Å². The van der Waals surface area contributed by atoms with Gasteiger partial charge in [-0.25, -0.2) is 0 Å². The number of hydrogen-bond acceptors (Lipinski definition) is 5. The van der Waals surface area contributed by atoms with Crippen LogP contribution in [0.4, 0.5) is 5.69 Å². The molecular formula is C31H38Cl2N4O3. The van der Waals surface area contributed by atoms with E-state index in [0.29, 0.717) is 27.9 Å².